The summed E-state index contributed by atoms with van der Waals surface area (Å²) >= 11 is 1.61. The molecule has 0 saturated heterocycles. The second-order valence-corrected chi connectivity index (χ2v) is 5.85. The Labute approximate surface area is 126 Å². The van der Waals surface area contributed by atoms with Crippen LogP contribution >= 0.6 is 11.3 Å². The topological polar surface area (TPSA) is 54.9 Å². The van der Waals surface area contributed by atoms with Gasteiger partial charge in [0.25, 0.3) is 0 Å². The summed E-state index contributed by atoms with van der Waals surface area (Å²) < 4.78 is 0. The molecule has 3 aromatic rings. The summed E-state index contributed by atoms with van der Waals surface area (Å²) in [6, 6.07) is 9.65. The molecule has 1 amide bonds. The molecular weight excluding hydrogens is 282 g/mol. The molecule has 3 rings (SSSR count). The van der Waals surface area contributed by atoms with Crippen LogP contribution in [0.25, 0.3) is 10.9 Å². The maximum absolute atomic E-state index is 12.1. The Morgan fingerprint density at radius 2 is 2.14 bits per heavy atom. The molecule has 21 heavy (non-hydrogen) atoms. The number of aryl methyl sites for hydroxylation is 2. The Morgan fingerprint density at radius 3 is 2.95 bits per heavy atom. The van der Waals surface area contributed by atoms with Crippen LogP contribution < -0.4 is 5.32 Å². The third kappa shape index (κ3) is 3.25. The highest BCUT2D eigenvalue weighted by atomic mass is 32.1. The summed E-state index contributed by atoms with van der Waals surface area (Å²) in [5.74, 6) is -0.0150. The van der Waals surface area contributed by atoms with Crippen molar-refractivity contribution in [3.8, 4) is 0 Å². The predicted octanol–water partition coefficient (Wildman–Crippen LogP) is 3.57. The number of carbonyl (C=O) groups excluding carboxylic acids is 1. The molecule has 0 aliphatic carbocycles. The average molecular weight is 297 g/mol. The van der Waals surface area contributed by atoms with Crippen molar-refractivity contribution < 1.29 is 4.79 Å². The van der Waals surface area contributed by atoms with Crippen molar-refractivity contribution in [3.05, 3.63) is 52.6 Å². The van der Waals surface area contributed by atoms with Gasteiger partial charge in [-0.2, -0.15) is 0 Å². The second-order valence-electron chi connectivity index (χ2n) is 4.79. The molecule has 0 atom stereocenters. The van der Waals surface area contributed by atoms with E-state index in [1.54, 1.807) is 17.5 Å². The first kappa shape index (κ1) is 13.7. The fourth-order valence-corrected chi connectivity index (χ4v) is 2.83. The minimum atomic E-state index is -0.0150. The van der Waals surface area contributed by atoms with Gasteiger partial charge in [0.2, 0.25) is 5.91 Å². The number of amides is 1. The van der Waals surface area contributed by atoms with Crippen molar-refractivity contribution in [1.29, 1.82) is 0 Å². The van der Waals surface area contributed by atoms with Crippen LogP contribution in [-0.2, 0) is 11.2 Å². The molecule has 0 radical (unpaired) electrons. The molecule has 1 N–H and O–H groups in total. The van der Waals surface area contributed by atoms with Crippen LogP contribution in [-0.4, -0.2) is 15.9 Å². The number of rotatable bonds is 4. The number of anilines is 1. The Morgan fingerprint density at radius 1 is 1.29 bits per heavy atom. The van der Waals surface area contributed by atoms with Gasteiger partial charge >= 0.3 is 0 Å². The molecule has 0 fully saturated rings. The maximum atomic E-state index is 12.1. The molecular formula is C16H15N3OS. The Bertz CT molecular complexity index is 777. The summed E-state index contributed by atoms with van der Waals surface area (Å²) in [5.41, 5.74) is 2.55. The van der Waals surface area contributed by atoms with E-state index in [0.717, 1.165) is 27.3 Å². The molecule has 4 nitrogen and oxygen atoms in total. The van der Waals surface area contributed by atoms with E-state index in [-0.39, 0.29) is 5.91 Å². The quantitative estimate of drug-likeness (QED) is 0.801. The average Bonchev–Trinajstić information content (AvgIpc) is 2.91. The largest absolute Gasteiger partial charge is 0.324 e. The van der Waals surface area contributed by atoms with E-state index < -0.39 is 0 Å². The van der Waals surface area contributed by atoms with Gasteiger partial charge in [0, 0.05) is 23.4 Å². The molecule has 2 aromatic heterocycles. The van der Waals surface area contributed by atoms with Crippen molar-refractivity contribution >= 4 is 33.8 Å². The fourth-order valence-electron chi connectivity index (χ4n) is 2.18. The van der Waals surface area contributed by atoms with Gasteiger partial charge in [0.05, 0.1) is 21.9 Å². The second kappa shape index (κ2) is 6.01. The summed E-state index contributed by atoms with van der Waals surface area (Å²) in [6.07, 6.45) is 2.82. The number of para-hydroxylation sites is 1. The number of nitrogens with one attached hydrogen (secondary N) is 1. The van der Waals surface area contributed by atoms with Gasteiger partial charge in [0.15, 0.2) is 0 Å². The van der Waals surface area contributed by atoms with E-state index in [2.05, 4.69) is 15.3 Å². The number of fused-ring (bicyclic) bond motifs is 1. The third-order valence-corrected chi connectivity index (χ3v) is 4.00. The first-order valence-corrected chi connectivity index (χ1v) is 7.65. The van der Waals surface area contributed by atoms with Crippen molar-refractivity contribution in [2.45, 2.75) is 19.8 Å². The van der Waals surface area contributed by atoms with Crippen LogP contribution in [0.2, 0.25) is 0 Å². The lowest BCUT2D eigenvalue weighted by Crippen LogP contribution is -2.13. The summed E-state index contributed by atoms with van der Waals surface area (Å²) in [6.45, 7) is 1.97. The lowest BCUT2D eigenvalue weighted by Gasteiger charge is -2.07. The summed E-state index contributed by atoms with van der Waals surface area (Å²) in [7, 11) is 0. The Kier molecular flexibility index (Phi) is 3.92. The Hall–Kier alpha value is -2.27. The lowest BCUT2D eigenvalue weighted by molar-refractivity contribution is -0.116. The van der Waals surface area contributed by atoms with Crippen molar-refractivity contribution in [3.63, 3.8) is 0 Å². The number of carbonyl (C=O) groups is 1. The molecule has 0 bridgehead atoms. The Balaban J connectivity index is 1.69. The van der Waals surface area contributed by atoms with E-state index in [4.69, 9.17) is 0 Å². The van der Waals surface area contributed by atoms with E-state index in [1.807, 2.05) is 42.6 Å². The van der Waals surface area contributed by atoms with Crippen molar-refractivity contribution in [2.24, 2.45) is 0 Å². The lowest BCUT2D eigenvalue weighted by atomic mass is 10.2. The van der Waals surface area contributed by atoms with Gasteiger partial charge in [0.1, 0.15) is 0 Å². The van der Waals surface area contributed by atoms with Gasteiger partial charge in [-0.3, -0.25) is 9.78 Å². The summed E-state index contributed by atoms with van der Waals surface area (Å²) in [5, 5.41) is 6.99. The van der Waals surface area contributed by atoms with E-state index in [1.165, 1.54) is 0 Å². The van der Waals surface area contributed by atoms with Crippen LogP contribution in [0.4, 0.5) is 5.69 Å². The maximum Gasteiger partial charge on any atom is 0.224 e. The molecule has 5 heteroatoms. The van der Waals surface area contributed by atoms with Gasteiger partial charge in [-0.05, 0) is 25.5 Å². The monoisotopic (exact) mass is 297 g/mol. The first-order chi connectivity index (χ1) is 10.2. The van der Waals surface area contributed by atoms with Crippen molar-refractivity contribution in [1.82, 2.24) is 9.97 Å². The minimum Gasteiger partial charge on any atom is -0.324 e. The predicted molar refractivity (Wildman–Crippen MR) is 85.5 cm³/mol. The number of thiazole rings is 1. The zero-order valence-electron chi connectivity index (χ0n) is 11.7. The zero-order chi connectivity index (χ0) is 14.7. The third-order valence-electron chi connectivity index (χ3n) is 3.18. The zero-order valence-corrected chi connectivity index (χ0v) is 12.5. The highest BCUT2D eigenvalue weighted by molar-refractivity contribution is 7.09. The highest BCUT2D eigenvalue weighted by Gasteiger charge is 2.08. The number of hydrogen-bond acceptors (Lipinski definition) is 4. The first-order valence-electron chi connectivity index (χ1n) is 6.77. The van der Waals surface area contributed by atoms with Gasteiger partial charge in [-0.25, -0.2) is 4.98 Å². The molecule has 0 spiro atoms. The number of pyridine rings is 1. The standard InChI is InChI=1S/C16H15N3OS/c1-11-18-13(10-21-11)7-8-15(20)19-14-6-2-4-12-5-3-9-17-16(12)14/h2-6,9-10H,7-8H2,1H3,(H,19,20). The van der Waals surface area contributed by atoms with Crippen LogP contribution in [0.1, 0.15) is 17.1 Å². The molecule has 0 aliphatic rings. The normalized spacial score (nSPS) is 10.7. The molecule has 0 saturated carbocycles. The van der Waals surface area contributed by atoms with Crippen LogP contribution in [0, 0.1) is 6.92 Å². The van der Waals surface area contributed by atoms with Crippen LogP contribution in [0.5, 0.6) is 0 Å². The molecule has 0 aliphatic heterocycles. The summed E-state index contributed by atoms with van der Waals surface area (Å²) in [4.78, 5) is 20.8. The number of hydrogen-bond donors (Lipinski definition) is 1. The number of aromatic nitrogens is 2. The number of nitrogens with zero attached hydrogens (tertiary/aromatic N) is 2. The molecule has 106 valence electrons. The van der Waals surface area contributed by atoms with Gasteiger partial charge in [-0.15, -0.1) is 11.3 Å². The smallest absolute Gasteiger partial charge is 0.224 e. The fraction of sp³-hybridized carbons (Fsp3) is 0.188. The van der Waals surface area contributed by atoms with E-state index >= 15 is 0 Å². The SMILES string of the molecule is Cc1nc(CCC(=O)Nc2cccc3cccnc23)cs1. The van der Waals surface area contributed by atoms with Gasteiger partial charge < -0.3 is 5.32 Å². The van der Waals surface area contributed by atoms with E-state index in [0.29, 0.717) is 12.8 Å². The molecule has 2 heterocycles. The molecule has 1 aromatic carbocycles. The minimum absolute atomic E-state index is 0.0150. The molecule has 0 unspecified atom stereocenters. The van der Waals surface area contributed by atoms with Crippen LogP contribution in [0.3, 0.4) is 0 Å². The van der Waals surface area contributed by atoms with Crippen molar-refractivity contribution in [2.75, 3.05) is 5.32 Å². The number of benzene rings is 1. The van der Waals surface area contributed by atoms with Gasteiger partial charge in [-0.1, -0.05) is 18.2 Å². The highest BCUT2D eigenvalue weighted by Crippen LogP contribution is 2.21. The van der Waals surface area contributed by atoms with Crippen LogP contribution in [0.15, 0.2) is 41.9 Å². The van der Waals surface area contributed by atoms with E-state index in [9.17, 15) is 4.79 Å².